The van der Waals surface area contributed by atoms with E-state index < -0.39 is 30.1 Å². The van der Waals surface area contributed by atoms with Crippen LogP contribution in [-0.4, -0.2) is 60.9 Å². The van der Waals surface area contributed by atoms with Gasteiger partial charge in [-0.15, -0.1) is 0 Å². The van der Waals surface area contributed by atoms with Gasteiger partial charge in [-0.3, -0.25) is 19.3 Å². The zero-order chi connectivity index (χ0) is 27.0. The first-order chi connectivity index (χ1) is 16.9. The van der Waals surface area contributed by atoms with E-state index in [-0.39, 0.29) is 23.7 Å². The minimum atomic E-state index is -0.996. The van der Waals surface area contributed by atoms with Gasteiger partial charge in [0.2, 0.25) is 17.7 Å². The van der Waals surface area contributed by atoms with E-state index in [2.05, 4.69) is 29.8 Å². The highest BCUT2D eigenvalue weighted by atomic mass is 16.5. The Morgan fingerprint density at radius 1 is 1.06 bits per heavy atom. The molecule has 0 aromatic heterocycles. The number of carbonyl (C=O) groups is 3. The minimum absolute atomic E-state index is 0.104. The maximum absolute atomic E-state index is 13.8. The molecular weight excluding hydrogens is 456 g/mol. The van der Waals surface area contributed by atoms with Crippen LogP contribution in [0, 0.1) is 17.8 Å². The number of nitrogens with one attached hydrogen (secondary N) is 3. The van der Waals surface area contributed by atoms with Crippen molar-refractivity contribution in [3.8, 4) is 5.75 Å². The highest BCUT2D eigenvalue weighted by Crippen LogP contribution is 2.21. The average molecular weight is 501 g/mol. The van der Waals surface area contributed by atoms with E-state index in [1.807, 2.05) is 71.0 Å². The topological polar surface area (TPSA) is 99.8 Å². The quantitative estimate of drug-likeness (QED) is 0.509. The first-order valence-electron chi connectivity index (χ1n) is 12.9. The lowest BCUT2D eigenvalue weighted by atomic mass is 9.94. The van der Waals surface area contributed by atoms with E-state index in [4.69, 9.17) is 4.74 Å². The first-order valence-corrected chi connectivity index (χ1v) is 12.9. The van der Waals surface area contributed by atoms with Crippen LogP contribution in [0.2, 0.25) is 0 Å². The maximum Gasteiger partial charge on any atom is 0.247 e. The van der Waals surface area contributed by atoms with Crippen LogP contribution in [-0.2, 0) is 14.4 Å². The molecule has 0 fully saturated rings. The number of benzene rings is 1. The van der Waals surface area contributed by atoms with Gasteiger partial charge in [-0.25, -0.2) is 0 Å². The van der Waals surface area contributed by atoms with E-state index in [1.165, 1.54) is 0 Å². The standard InChI is InChI=1S/C28H44N4O4/c1-9-19(6)23-27(34)29-15-14-20-10-12-21(13-11-20)36-25(18(4)5)24(28(35)30-23)31-26(33)22(32(7)8)16-17(2)3/h10-15,17-19,22-25H,9,16H2,1-8H3,(H,29,34)(H,30,35)(H,31,33)/b15-14-/t19-,22-,23+,24+,25+/m1/s1. The molecule has 1 aromatic rings. The summed E-state index contributed by atoms with van der Waals surface area (Å²) in [5.41, 5.74) is 0.900. The van der Waals surface area contributed by atoms with Gasteiger partial charge in [-0.2, -0.15) is 0 Å². The van der Waals surface area contributed by atoms with Crippen LogP contribution in [0.25, 0.3) is 6.08 Å². The molecule has 3 N–H and O–H groups in total. The predicted octanol–water partition coefficient (Wildman–Crippen LogP) is 3.18. The summed E-state index contributed by atoms with van der Waals surface area (Å²) in [6, 6.07) is 5.24. The molecule has 2 bridgehead atoms. The molecule has 200 valence electrons. The monoisotopic (exact) mass is 500 g/mol. The van der Waals surface area contributed by atoms with Crippen LogP contribution in [0.1, 0.15) is 59.9 Å². The Balaban J connectivity index is 2.52. The van der Waals surface area contributed by atoms with Crippen LogP contribution in [0.3, 0.4) is 0 Å². The summed E-state index contributed by atoms with van der Waals surface area (Å²) in [6.07, 6.45) is 4.06. The van der Waals surface area contributed by atoms with Crippen LogP contribution in [0.5, 0.6) is 5.75 Å². The third-order valence-corrected chi connectivity index (χ3v) is 6.63. The summed E-state index contributed by atoms with van der Waals surface area (Å²) < 4.78 is 6.31. The second-order valence-corrected chi connectivity index (χ2v) is 10.7. The molecule has 2 aliphatic rings. The van der Waals surface area contributed by atoms with E-state index in [1.54, 1.807) is 12.3 Å². The number of fused-ring (bicyclic) bond motifs is 10. The van der Waals surface area contributed by atoms with Crippen molar-refractivity contribution in [3.63, 3.8) is 0 Å². The number of carbonyl (C=O) groups excluding carboxylic acids is 3. The molecule has 0 unspecified atom stereocenters. The number of rotatable bonds is 8. The molecule has 0 saturated heterocycles. The second-order valence-electron chi connectivity index (χ2n) is 10.7. The van der Waals surface area contributed by atoms with Gasteiger partial charge in [-0.05, 0) is 62.0 Å². The minimum Gasteiger partial charge on any atom is -0.487 e. The molecule has 0 saturated carbocycles. The summed E-state index contributed by atoms with van der Waals surface area (Å²) in [5, 5.41) is 8.70. The molecule has 2 heterocycles. The van der Waals surface area contributed by atoms with Gasteiger partial charge in [0.15, 0.2) is 0 Å². The van der Waals surface area contributed by atoms with E-state index in [0.717, 1.165) is 5.56 Å². The molecule has 1 aromatic carbocycles. The van der Waals surface area contributed by atoms with Crippen molar-refractivity contribution in [2.45, 2.75) is 78.6 Å². The predicted molar refractivity (Wildman–Crippen MR) is 143 cm³/mol. The van der Waals surface area contributed by atoms with Crippen molar-refractivity contribution in [1.29, 1.82) is 0 Å². The molecule has 36 heavy (non-hydrogen) atoms. The summed E-state index contributed by atoms with van der Waals surface area (Å²) in [4.78, 5) is 42.1. The number of hydrogen-bond donors (Lipinski definition) is 3. The summed E-state index contributed by atoms with van der Waals surface area (Å²) in [5.74, 6) is -0.312. The number of likely N-dealkylation sites (N-methyl/N-ethyl adjacent to an activating group) is 1. The van der Waals surface area contributed by atoms with E-state index in [9.17, 15) is 14.4 Å². The molecule has 8 nitrogen and oxygen atoms in total. The zero-order valence-electron chi connectivity index (χ0n) is 23.0. The maximum atomic E-state index is 13.8. The third kappa shape index (κ3) is 8.08. The Labute approximate surface area is 216 Å². The Morgan fingerprint density at radius 3 is 2.22 bits per heavy atom. The van der Waals surface area contributed by atoms with E-state index in [0.29, 0.717) is 24.5 Å². The molecule has 3 amide bonds. The molecule has 8 heteroatoms. The largest absolute Gasteiger partial charge is 0.487 e. The van der Waals surface area contributed by atoms with Crippen LogP contribution < -0.4 is 20.7 Å². The molecule has 2 aliphatic heterocycles. The molecule has 3 rings (SSSR count). The van der Waals surface area contributed by atoms with Gasteiger partial charge in [-0.1, -0.05) is 60.1 Å². The van der Waals surface area contributed by atoms with Gasteiger partial charge in [0, 0.05) is 6.20 Å². The van der Waals surface area contributed by atoms with Crippen LogP contribution in [0.15, 0.2) is 30.5 Å². The lowest BCUT2D eigenvalue weighted by Gasteiger charge is -2.34. The fourth-order valence-electron chi connectivity index (χ4n) is 4.20. The average Bonchev–Trinajstić information content (AvgIpc) is 2.82. The molecule has 0 spiro atoms. The molecule has 0 radical (unpaired) electrons. The fourth-order valence-corrected chi connectivity index (χ4v) is 4.20. The lowest BCUT2D eigenvalue weighted by Crippen LogP contribution is -2.62. The summed E-state index contributed by atoms with van der Waals surface area (Å²) in [6.45, 7) is 11.9. The second kappa shape index (κ2) is 13.4. The Hall–Kier alpha value is -2.87. The van der Waals surface area contributed by atoms with Crippen molar-refractivity contribution in [3.05, 3.63) is 36.0 Å². The SMILES string of the molecule is CC[C@@H](C)[C@@H]1NC(=O)[C@@H](NC(=O)[C@@H](CC(C)C)N(C)C)[C@H](C(C)C)Oc2ccc(cc2)/C=C\NC1=O. The van der Waals surface area contributed by atoms with Crippen molar-refractivity contribution in [2.24, 2.45) is 17.8 Å². The van der Waals surface area contributed by atoms with E-state index >= 15 is 0 Å². The Kier molecular flexibility index (Phi) is 11.0. The van der Waals surface area contributed by atoms with Gasteiger partial charge < -0.3 is 20.7 Å². The highest BCUT2D eigenvalue weighted by molar-refractivity contribution is 5.94. The van der Waals surface area contributed by atoms with Crippen molar-refractivity contribution >= 4 is 23.8 Å². The van der Waals surface area contributed by atoms with Gasteiger partial charge in [0.05, 0.1) is 6.04 Å². The number of nitrogens with zero attached hydrogens (tertiary/aromatic N) is 1. The number of hydrogen-bond acceptors (Lipinski definition) is 5. The Bertz CT molecular complexity index is 911. The first kappa shape index (κ1) is 29.4. The van der Waals surface area contributed by atoms with Crippen molar-refractivity contribution in [1.82, 2.24) is 20.9 Å². The highest BCUT2D eigenvalue weighted by Gasteiger charge is 2.38. The molecular formula is C28H44N4O4. The van der Waals surface area contributed by atoms with Gasteiger partial charge >= 0.3 is 0 Å². The molecule has 5 atom stereocenters. The Morgan fingerprint density at radius 2 is 1.69 bits per heavy atom. The zero-order valence-corrected chi connectivity index (χ0v) is 23.0. The molecule has 0 aliphatic carbocycles. The normalized spacial score (nSPS) is 23.5. The third-order valence-electron chi connectivity index (χ3n) is 6.63. The van der Waals surface area contributed by atoms with Crippen molar-refractivity contribution < 1.29 is 19.1 Å². The fraction of sp³-hybridized carbons (Fsp3) is 0.607. The van der Waals surface area contributed by atoms with Crippen LogP contribution in [0.4, 0.5) is 0 Å². The number of ether oxygens (including phenoxy) is 1. The van der Waals surface area contributed by atoms with Crippen molar-refractivity contribution in [2.75, 3.05) is 14.1 Å². The van der Waals surface area contributed by atoms with Gasteiger partial charge in [0.1, 0.15) is 23.9 Å². The number of amides is 3. The smallest absolute Gasteiger partial charge is 0.247 e. The summed E-state index contributed by atoms with van der Waals surface area (Å²) in [7, 11) is 3.71. The van der Waals surface area contributed by atoms with Crippen LogP contribution >= 0.6 is 0 Å². The summed E-state index contributed by atoms with van der Waals surface area (Å²) >= 11 is 0. The van der Waals surface area contributed by atoms with Gasteiger partial charge in [0.25, 0.3) is 0 Å². The lowest BCUT2D eigenvalue weighted by molar-refractivity contribution is -0.136.